The topological polar surface area (TPSA) is 15.3 Å². The first-order chi connectivity index (χ1) is 7.98. The van der Waals surface area contributed by atoms with Crippen LogP contribution in [0.5, 0.6) is 0 Å². The predicted molar refractivity (Wildman–Crippen MR) is 79.8 cm³/mol. The third-order valence-electron chi connectivity index (χ3n) is 2.69. The van der Waals surface area contributed by atoms with Gasteiger partial charge in [-0.2, -0.15) is 13.2 Å². The Morgan fingerprint density at radius 3 is 2.21 bits per heavy atom. The Labute approximate surface area is 134 Å². The zero-order chi connectivity index (χ0) is 12.5. The van der Waals surface area contributed by atoms with Crippen molar-refractivity contribution in [3.63, 3.8) is 0 Å². The van der Waals surface area contributed by atoms with E-state index in [1.54, 1.807) is 12.1 Å². The lowest BCUT2D eigenvalue weighted by atomic mass is 10.1. The van der Waals surface area contributed by atoms with Crippen LogP contribution in [0, 0.1) is 0 Å². The van der Waals surface area contributed by atoms with Gasteiger partial charge in [-0.25, -0.2) is 0 Å². The maximum atomic E-state index is 13.1. The first-order valence-corrected chi connectivity index (χ1v) is 6.86. The molecular weight excluding hydrogens is 388 g/mol. The lowest BCUT2D eigenvalue weighted by Crippen LogP contribution is -2.48. The molecule has 0 radical (unpaired) electrons. The number of alkyl halides is 3. The minimum absolute atomic E-state index is 0. The van der Waals surface area contributed by atoms with E-state index < -0.39 is 12.2 Å². The third kappa shape index (κ3) is 5.06. The van der Waals surface area contributed by atoms with Crippen molar-refractivity contribution in [1.82, 2.24) is 10.2 Å². The number of nitrogens with one attached hydrogen (secondary N) is 1. The van der Waals surface area contributed by atoms with Gasteiger partial charge in [0, 0.05) is 31.1 Å². The van der Waals surface area contributed by atoms with Gasteiger partial charge in [-0.1, -0.05) is 0 Å². The number of thiophene rings is 1. The number of hydrogen-bond acceptors (Lipinski definition) is 3. The van der Waals surface area contributed by atoms with Gasteiger partial charge in [-0.15, -0.1) is 36.2 Å². The Balaban J connectivity index is 0.00000162. The summed E-state index contributed by atoms with van der Waals surface area (Å²) < 4.78 is 40.1. The maximum Gasteiger partial charge on any atom is 0.408 e. The summed E-state index contributed by atoms with van der Waals surface area (Å²) in [5.74, 6) is 0. The number of hydrogen-bond donors (Lipinski definition) is 1. The van der Waals surface area contributed by atoms with Gasteiger partial charge >= 0.3 is 6.18 Å². The zero-order valence-corrected chi connectivity index (χ0v) is 13.8. The van der Waals surface area contributed by atoms with E-state index in [4.69, 9.17) is 0 Å². The van der Waals surface area contributed by atoms with Crippen molar-refractivity contribution in [3.05, 3.63) is 20.8 Å². The van der Waals surface area contributed by atoms with Crippen molar-refractivity contribution in [2.45, 2.75) is 12.2 Å². The molecule has 0 bridgehead atoms. The summed E-state index contributed by atoms with van der Waals surface area (Å²) in [6, 6.07) is 1.75. The van der Waals surface area contributed by atoms with Crippen molar-refractivity contribution in [2.75, 3.05) is 26.2 Å². The molecule has 2 heterocycles. The van der Waals surface area contributed by atoms with Gasteiger partial charge in [-0.3, -0.25) is 4.90 Å². The van der Waals surface area contributed by atoms with Gasteiger partial charge in [0.05, 0.1) is 3.79 Å². The fourth-order valence-electron chi connectivity index (χ4n) is 1.96. The van der Waals surface area contributed by atoms with Gasteiger partial charge in [0.2, 0.25) is 0 Å². The van der Waals surface area contributed by atoms with E-state index in [1.165, 1.54) is 4.90 Å². The zero-order valence-electron chi connectivity index (χ0n) is 9.74. The molecule has 1 aliphatic rings. The van der Waals surface area contributed by atoms with Gasteiger partial charge in [0.25, 0.3) is 0 Å². The van der Waals surface area contributed by atoms with E-state index in [0.29, 0.717) is 31.1 Å². The van der Waals surface area contributed by atoms with Gasteiger partial charge in [-0.05, 0) is 28.1 Å². The van der Waals surface area contributed by atoms with E-state index in [-0.39, 0.29) is 24.8 Å². The van der Waals surface area contributed by atoms with Gasteiger partial charge < -0.3 is 5.32 Å². The van der Waals surface area contributed by atoms with E-state index in [2.05, 4.69) is 21.2 Å². The van der Waals surface area contributed by atoms with E-state index in [0.717, 1.165) is 15.1 Å². The Morgan fingerprint density at radius 1 is 1.21 bits per heavy atom. The summed E-state index contributed by atoms with van der Waals surface area (Å²) >= 11 is 4.36. The average molecular weight is 402 g/mol. The molecule has 2 rings (SSSR count). The molecular formula is C10H14BrCl2F3N2S. The fraction of sp³-hybridized carbons (Fsp3) is 0.600. The quantitative estimate of drug-likeness (QED) is 0.809. The molecule has 0 aromatic carbocycles. The molecule has 1 aromatic rings. The lowest BCUT2D eigenvalue weighted by Gasteiger charge is -2.35. The highest BCUT2D eigenvalue weighted by molar-refractivity contribution is 9.11. The van der Waals surface area contributed by atoms with E-state index in [9.17, 15) is 13.2 Å². The molecule has 0 unspecified atom stereocenters. The Morgan fingerprint density at radius 2 is 1.79 bits per heavy atom. The van der Waals surface area contributed by atoms with E-state index in [1.807, 2.05) is 0 Å². The Hall–Kier alpha value is 0.470. The molecule has 0 amide bonds. The molecule has 2 nitrogen and oxygen atoms in total. The van der Waals surface area contributed by atoms with Crippen LogP contribution in [0.3, 0.4) is 0 Å². The van der Waals surface area contributed by atoms with E-state index >= 15 is 0 Å². The molecule has 0 spiro atoms. The molecule has 19 heavy (non-hydrogen) atoms. The van der Waals surface area contributed by atoms with Crippen molar-refractivity contribution in [3.8, 4) is 0 Å². The summed E-state index contributed by atoms with van der Waals surface area (Å²) in [6.45, 7) is 2.08. The third-order valence-corrected chi connectivity index (χ3v) is 4.37. The molecule has 9 heteroatoms. The number of piperazine rings is 1. The number of nitrogens with zero attached hydrogens (tertiary/aromatic N) is 1. The molecule has 1 fully saturated rings. The lowest BCUT2D eigenvalue weighted by molar-refractivity contribution is -0.186. The molecule has 0 aliphatic carbocycles. The van der Waals surface area contributed by atoms with Crippen LogP contribution in [0.2, 0.25) is 0 Å². The van der Waals surface area contributed by atoms with Crippen LogP contribution in [-0.4, -0.2) is 37.3 Å². The monoisotopic (exact) mass is 400 g/mol. The molecule has 1 N–H and O–H groups in total. The van der Waals surface area contributed by atoms with Crippen LogP contribution >= 0.6 is 52.1 Å². The highest BCUT2D eigenvalue weighted by Gasteiger charge is 2.45. The largest absolute Gasteiger partial charge is 0.408 e. The minimum Gasteiger partial charge on any atom is -0.314 e. The van der Waals surface area contributed by atoms with Crippen molar-refractivity contribution < 1.29 is 13.2 Å². The average Bonchev–Trinajstić information content (AvgIpc) is 2.64. The SMILES string of the molecule is Cl.Cl.FC(F)(F)[C@@H](c1ccc(Br)s1)N1CCNCC1. The summed E-state index contributed by atoms with van der Waals surface area (Å²) in [5.41, 5.74) is 0. The second kappa shape index (κ2) is 8.05. The highest BCUT2D eigenvalue weighted by atomic mass is 79.9. The number of halogens is 6. The van der Waals surface area contributed by atoms with Crippen LogP contribution < -0.4 is 5.32 Å². The first kappa shape index (κ1) is 19.5. The molecule has 0 saturated carbocycles. The van der Waals surface area contributed by atoms with Gasteiger partial charge in [0.15, 0.2) is 0 Å². The molecule has 1 atom stereocenters. The molecule has 1 aromatic heterocycles. The standard InChI is InChI=1S/C10H12BrF3N2S.2ClH/c11-8-2-1-7(17-8)9(10(12,13)14)16-5-3-15-4-6-16;;/h1-2,9,15H,3-6H2;2*1H/t9-;;/m1../s1. The predicted octanol–water partition coefficient (Wildman–Crippen LogP) is 3.86. The second-order valence-corrected chi connectivity index (χ2v) is 6.37. The summed E-state index contributed by atoms with van der Waals surface area (Å²) in [4.78, 5) is 1.85. The van der Waals surface area contributed by atoms with Crippen molar-refractivity contribution in [1.29, 1.82) is 0 Å². The van der Waals surface area contributed by atoms with Crippen LogP contribution in [0.15, 0.2) is 15.9 Å². The van der Waals surface area contributed by atoms with Crippen LogP contribution in [0.25, 0.3) is 0 Å². The number of rotatable bonds is 2. The molecule has 1 aliphatic heterocycles. The normalized spacial score (nSPS) is 18.3. The van der Waals surface area contributed by atoms with Crippen LogP contribution in [0.4, 0.5) is 13.2 Å². The van der Waals surface area contributed by atoms with Crippen molar-refractivity contribution >= 4 is 52.1 Å². The Bertz CT molecular complexity index is 383. The molecule has 112 valence electrons. The minimum atomic E-state index is -4.22. The van der Waals surface area contributed by atoms with Crippen LogP contribution in [-0.2, 0) is 0 Å². The van der Waals surface area contributed by atoms with Crippen LogP contribution in [0.1, 0.15) is 10.9 Å². The first-order valence-electron chi connectivity index (χ1n) is 5.25. The second-order valence-electron chi connectivity index (χ2n) is 3.87. The van der Waals surface area contributed by atoms with Gasteiger partial charge in [0.1, 0.15) is 6.04 Å². The smallest absolute Gasteiger partial charge is 0.314 e. The summed E-state index contributed by atoms with van der Waals surface area (Å²) in [5, 5.41) is 3.06. The summed E-state index contributed by atoms with van der Waals surface area (Å²) in [6.07, 6.45) is -4.22. The molecule has 1 saturated heterocycles. The Kier molecular flexibility index (Phi) is 8.24. The summed E-state index contributed by atoms with van der Waals surface area (Å²) in [7, 11) is 0. The fourth-order valence-corrected chi connectivity index (χ4v) is 3.55. The maximum absolute atomic E-state index is 13.1. The highest BCUT2D eigenvalue weighted by Crippen LogP contribution is 2.41. The van der Waals surface area contributed by atoms with Crippen molar-refractivity contribution in [2.24, 2.45) is 0 Å².